The smallest absolute Gasteiger partial charge is 0.126 e. The third kappa shape index (κ3) is 49.1. The van der Waals surface area contributed by atoms with Crippen LogP contribution in [0.3, 0.4) is 0 Å². The van der Waals surface area contributed by atoms with E-state index in [0.717, 1.165) is 0 Å². The molecule has 0 rings (SSSR count). The highest BCUT2D eigenvalue weighted by Crippen LogP contribution is 1.75. The van der Waals surface area contributed by atoms with Gasteiger partial charge in [-0.25, -0.2) is 0 Å². The molecular weight excluding hydrogens is 132 g/mol. The molecule has 0 aromatic rings. The summed E-state index contributed by atoms with van der Waals surface area (Å²) < 4.78 is 4.55. The Bertz CT molecular complexity index is 74.9. The van der Waals surface area contributed by atoms with Crippen molar-refractivity contribution in [3.05, 3.63) is 0 Å². The molecule has 0 aromatic heterocycles. The predicted octanol–water partition coefficient (Wildman–Crippen LogP) is 0.609. The second kappa shape index (κ2) is 8.59. The number of carbonyl (C=O) groups excluding carboxylic acids is 1. The zero-order chi connectivity index (χ0) is 8.57. The molecule has 62 valence electrons. The van der Waals surface area contributed by atoms with Crippen LogP contribution in [-0.2, 0) is 9.53 Å². The third-order valence-electron chi connectivity index (χ3n) is 0.408. The first kappa shape index (κ1) is 12.3. The molecule has 0 bridgehead atoms. The molecular formula is C7H16O3. The number of aliphatic hydroxyl groups excluding tert-OH is 1. The van der Waals surface area contributed by atoms with Crippen LogP contribution in [0.25, 0.3) is 0 Å². The largest absolute Gasteiger partial charge is 0.391 e. The molecule has 3 heteroatoms. The molecule has 1 unspecified atom stereocenters. The van der Waals surface area contributed by atoms with Crippen LogP contribution in [0.1, 0.15) is 20.8 Å². The van der Waals surface area contributed by atoms with Crippen LogP contribution in [0.15, 0.2) is 0 Å². The van der Waals surface area contributed by atoms with Crippen LogP contribution in [-0.4, -0.2) is 30.7 Å². The van der Waals surface area contributed by atoms with E-state index in [0.29, 0.717) is 6.61 Å². The van der Waals surface area contributed by atoms with Crippen molar-refractivity contribution in [2.75, 3.05) is 13.7 Å². The summed E-state index contributed by atoms with van der Waals surface area (Å²) in [5.74, 6) is 0.167. The summed E-state index contributed by atoms with van der Waals surface area (Å²) in [5.41, 5.74) is 0. The van der Waals surface area contributed by atoms with Crippen LogP contribution in [0, 0.1) is 0 Å². The van der Waals surface area contributed by atoms with Crippen LogP contribution in [0.2, 0.25) is 0 Å². The number of hydrogen-bond donors (Lipinski definition) is 1. The van der Waals surface area contributed by atoms with Crippen molar-refractivity contribution in [1.29, 1.82) is 0 Å². The van der Waals surface area contributed by atoms with Gasteiger partial charge in [0, 0.05) is 7.11 Å². The Hall–Kier alpha value is -0.410. The van der Waals surface area contributed by atoms with Gasteiger partial charge >= 0.3 is 0 Å². The number of aliphatic hydroxyl groups is 1. The monoisotopic (exact) mass is 148 g/mol. The van der Waals surface area contributed by atoms with Gasteiger partial charge in [0.1, 0.15) is 5.78 Å². The Labute approximate surface area is 62.0 Å². The van der Waals surface area contributed by atoms with E-state index in [1.165, 1.54) is 13.8 Å². The predicted molar refractivity (Wildman–Crippen MR) is 39.9 cm³/mol. The quantitative estimate of drug-likeness (QED) is 0.624. The summed E-state index contributed by atoms with van der Waals surface area (Å²) in [7, 11) is 1.56. The van der Waals surface area contributed by atoms with E-state index in [1.807, 2.05) is 0 Å². The molecule has 0 fully saturated rings. The van der Waals surface area contributed by atoms with Crippen molar-refractivity contribution in [1.82, 2.24) is 0 Å². The number of rotatable bonds is 2. The lowest BCUT2D eigenvalue weighted by Gasteiger charge is -1.97. The molecule has 0 aliphatic rings. The average Bonchev–Trinajstić information content (AvgIpc) is 1.62. The van der Waals surface area contributed by atoms with Crippen LogP contribution < -0.4 is 0 Å². The van der Waals surface area contributed by atoms with Gasteiger partial charge in [-0.2, -0.15) is 0 Å². The first-order valence-electron chi connectivity index (χ1n) is 3.14. The topological polar surface area (TPSA) is 46.5 Å². The molecule has 0 spiro atoms. The minimum atomic E-state index is -0.324. The first-order valence-corrected chi connectivity index (χ1v) is 3.14. The van der Waals surface area contributed by atoms with Crippen molar-refractivity contribution in [3.8, 4) is 0 Å². The normalized spacial score (nSPS) is 11.3. The molecule has 0 aromatic carbocycles. The van der Waals surface area contributed by atoms with Gasteiger partial charge in [-0.15, -0.1) is 0 Å². The number of hydrogen-bond acceptors (Lipinski definition) is 3. The maximum absolute atomic E-state index is 9.44. The van der Waals surface area contributed by atoms with Crippen LogP contribution in [0.4, 0.5) is 0 Å². The zero-order valence-electron chi connectivity index (χ0n) is 7.05. The summed E-state index contributed by atoms with van der Waals surface area (Å²) in [6, 6.07) is 0. The van der Waals surface area contributed by atoms with E-state index in [9.17, 15) is 4.79 Å². The number of Topliss-reactive ketones (excluding diaryl/α,β-unsaturated/α-hetero) is 1. The molecule has 0 saturated heterocycles. The van der Waals surface area contributed by atoms with Gasteiger partial charge in [0.05, 0.1) is 12.7 Å². The maximum atomic E-state index is 9.44. The van der Waals surface area contributed by atoms with Gasteiger partial charge in [-0.05, 0) is 20.8 Å². The lowest BCUT2D eigenvalue weighted by molar-refractivity contribution is -0.114. The highest BCUT2D eigenvalue weighted by molar-refractivity contribution is 5.72. The fraction of sp³-hybridized carbons (Fsp3) is 0.857. The molecule has 0 amide bonds. The first-order chi connectivity index (χ1) is 4.50. The Balaban J connectivity index is 0. The van der Waals surface area contributed by atoms with E-state index >= 15 is 0 Å². The lowest BCUT2D eigenvalue weighted by atomic mass is 10.5. The summed E-state index contributed by atoms with van der Waals surface area (Å²) >= 11 is 0. The Morgan fingerprint density at radius 2 is 1.90 bits per heavy atom. The minimum Gasteiger partial charge on any atom is -0.391 e. The van der Waals surface area contributed by atoms with Gasteiger partial charge in [-0.3, -0.25) is 0 Å². The fourth-order valence-corrected chi connectivity index (χ4v) is 0.241. The van der Waals surface area contributed by atoms with E-state index < -0.39 is 0 Å². The molecule has 0 aliphatic carbocycles. The minimum absolute atomic E-state index is 0.167. The highest BCUT2D eigenvalue weighted by Gasteiger charge is 1.87. The summed E-state index contributed by atoms with van der Waals surface area (Å²) in [6.07, 6.45) is -0.324. The summed E-state index contributed by atoms with van der Waals surface area (Å²) in [5, 5.41) is 8.43. The number of ketones is 1. The second-order valence-electron chi connectivity index (χ2n) is 2.21. The molecule has 10 heavy (non-hydrogen) atoms. The molecule has 0 radical (unpaired) electrons. The van der Waals surface area contributed by atoms with Crippen molar-refractivity contribution in [3.63, 3.8) is 0 Å². The van der Waals surface area contributed by atoms with Crippen molar-refractivity contribution in [2.24, 2.45) is 0 Å². The van der Waals surface area contributed by atoms with Crippen molar-refractivity contribution < 1.29 is 14.6 Å². The van der Waals surface area contributed by atoms with Gasteiger partial charge in [0.25, 0.3) is 0 Å². The van der Waals surface area contributed by atoms with Crippen LogP contribution >= 0.6 is 0 Å². The standard InChI is InChI=1S/C4H10O2.C3H6O/c1-4(5)3-6-2;1-3(2)4/h4-5H,3H2,1-2H3;1-2H3. The van der Waals surface area contributed by atoms with Gasteiger partial charge in [0.15, 0.2) is 0 Å². The highest BCUT2D eigenvalue weighted by atomic mass is 16.5. The van der Waals surface area contributed by atoms with E-state index in [4.69, 9.17) is 5.11 Å². The maximum Gasteiger partial charge on any atom is 0.126 e. The second-order valence-corrected chi connectivity index (χ2v) is 2.21. The number of methoxy groups -OCH3 is 1. The van der Waals surface area contributed by atoms with Crippen LogP contribution in [0.5, 0.6) is 0 Å². The molecule has 0 heterocycles. The molecule has 0 saturated carbocycles. The Morgan fingerprint density at radius 1 is 1.60 bits per heavy atom. The van der Waals surface area contributed by atoms with Crippen molar-refractivity contribution in [2.45, 2.75) is 26.9 Å². The summed E-state index contributed by atoms with van der Waals surface area (Å²) in [6.45, 7) is 5.17. The van der Waals surface area contributed by atoms with E-state index in [2.05, 4.69) is 4.74 Å². The van der Waals surface area contributed by atoms with E-state index in [-0.39, 0.29) is 11.9 Å². The van der Waals surface area contributed by atoms with Crippen molar-refractivity contribution >= 4 is 5.78 Å². The molecule has 1 atom stereocenters. The van der Waals surface area contributed by atoms with Gasteiger partial charge in [-0.1, -0.05) is 0 Å². The Morgan fingerprint density at radius 3 is 1.90 bits per heavy atom. The summed E-state index contributed by atoms with van der Waals surface area (Å²) in [4.78, 5) is 9.44. The molecule has 0 aliphatic heterocycles. The number of carbonyl (C=O) groups is 1. The van der Waals surface area contributed by atoms with E-state index in [1.54, 1.807) is 14.0 Å². The zero-order valence-corrected chi connectivity index (χ0v) is 7.05. The number of ether oxygens (including phenoxy) is 1. The third-order valence-corrected chi connectivity index (χ3v) is 0.408. The fourth-order valence-electron chi connectivity index (χ4n) is 0.241. The molecule has 1 N–H and O–H groups in total. The SMILES string of the molecule is CC(C)=O.COCC(C)O. The van der Waals surface area contributed by atoms with Gasteiger partial charge < -0.3 is 14.6 Å². The Kier molecular flexibility index (Phi) is 10.6. The lowest BCUT2D eigenvalue weighted by Crippen LogP contribution is -2.07. The van der Waals surface area contributed by atoms with Gasteiger partial charge in [0.2, 0.25) is 0 Å². The average molecular weight is 148 g/mol. The molecule has 3 nitrogen and oxygen atoms in total.